The molecule has 35 heavy (non-hydrogen) atoms. The molecule has 0 aromatic heterocycles. The number of ether oxygens (including phenoxy) is 1. The molecule has 0 heterocycles. The minimum atomic E-state index is 0.266. The average molecular weight is 522 g/mol. The van der Waals surface area contributed by atoms with Crippen LogP contribution in [-0.2, 0) is 4.74 Å². The number of hydrogen-bond acceptors (Lipinski definition) is 5. The second kappa shape index (κ2) is 14.1. The summed E-state index contributed by atoms with van der Waals surface area (Å²) in [6.07, 6.45) is 7.35. The number of nitrogens with zero attached hydrogens (tertiary/aromatic N) is 1. The molecular weight excluding hydrogens is 487 g/mol. The number of aryl methyl sites for hydroxylation is 2. The van der Waals surface area contributed by atoms with Gasteiger partial charge in [0, 0.05) is 33.1 Å². The van der Waals surface area contributed by atoms with Gasteiger partial charge in [-0.3, -0.25) is 0 Å². The fourth-order valence-corrected chi connectivity index (χ4v) is 7.18. The lowest BCUT2D eigenvalue weighted by Gasteiger charge is -2.23. The monoisotopic (exact) mass is 521 g/mol. The first kappa shape index (κ1) is 26.2. The van der Waals surface area contributed by atoms with Crippen molar-refractivity contribution in [2.75, 3.05) is 6.61 Å². The summed E-state index contributed by atoms with van der Waals surface area (Å²) < 4.78 is 11.6. The third kappa shape index (κ3) is 9.29. The highest BCUT2D eigenvalue weighted by Crippen LogP contribution is 2.39. The molecule has 184 valence electrons. The maximum atomic E-state index is 6.45. The molecule has 0 saturated heterocycles. The first-order valence-electron chi connectivity index (χ1n) is 12.5. The fraction of sp³-hybridized carbons (Fsp3) is 0.367. The molecule has 1 aliphatic rings. The molecule has 0 bridgehead atoms. The average Bonchev–Trinajstić information content (AvgIpc) is 2.89. The van der Waals surface area contributed by atoms with Crippen LogP contribution in [0.25, 0.3) is 0 Å². The Kier molecular flexibility index (Phi) is 10.5. The van der Waals surface area contributed by atoms with Crippen molar-refractivity contribution >= 4 is 41.4 Å². The quantitative estimate of drug-likeness (QED) is 0.0870. The number of benzene rings is 3. The van der Waals surface area contributed by atoms with Gasteiger partial charge >= 0.3 is 0 Å². The normalized spacial score (nSPS) is 14.9. The van der Waals surface area contributed by atoms with Gasteiger partial charge in [0.15, 0.2) is 5.90 Å². The maximum Gasteiger partial charge on any atom is 0.197 e. The van der Waals surface area contributed by atoms with Crippen LogP contribution in [0.15, 0.2) is 97.9 Å². The molecule has 3 aromatic rings. The van der Waals surface area contributed by atoms with E-state index >= 15 is 0 Å². The maximum absolute atomic E-state index is 6.45. The first-order chi connectivity index (χ1) is 17.1. The number of thioether (sulfide) groups is 2. The molecule has 0 amide bonds. The van der Waals surface area contributed by atoms with Crippen LogP contribution in [0, 0.1) is 19.8 Å². The van der Waals surface area contributed by atoms with Gasteiger partial charge in [0.05, 0.1) is 11.2 Å². The second-order valence-electron chi connectivity index (χ2n) is 9.20. The zero-order chi connectivity index (χ0) is 24.3. The highest BCUT2D eigenvalue weighted by molar-refractivity contribution is 8.17. The van der Waals surface area contributed by atoms with Crippen molar-refractivity contribution in [3.63, 3.8) is 0 Å². The van der Waals surface area contributed by atoms with Crippen LogP contribution in [0.3, 0.4) is 0 Å². The summed E-state index contributed by atoms with van der Waals surface area (Å²) in [7, 11) is 0. The molecule has 4 rings (SSSR count). The summed E-state index contributed by atoms with van der Waals surface area (Å²) in [5.41, 5.74) is 2.57. The van der Waals surface area contributed by atoms with Gasteiger partial charge in [0.1, 0.15) is 0 Å². The van der Waals surface area contributed by atoms with Crippen LogP contribution >= 0.6 is 35.5 Å². The number of rotatable bonds is 10. The molecule has 2 nitrogen and oxygen atoms in total. The lowest BCUT2D eigenvalue weighted by Crippen LogP contribution is -2.18. The molecule has 3 aromatic carbocycles. The summed E-state index contributed by atoms with van der Waals surface area (Å²) >= 11 is 5.32. The zero-order valence-corrected chi connectivity index (χ0v) is 23.1. The van der Waals surface area contributed by atoms with E-state index in [1.54, 1.807) is 0 Å². The van der Waals surface area contributed by atoms with E-state index in [2.05, 4.69) is 86.6 Å². The minimum absolute atomic E-state index is 0.266. The Hall–Kier alpha value is -1.82. The Balaban J connectivity index is 1.51. The summed E-state index contributed by atoms with van der Waals surface area (Å²) in [6.45, 7) is 5.06. The van der Waals surface area contributed by atoms with Crippen molar-refractivity contribution < 1.29 is 4.74 Å². The van der Waals surface area contributed by atoms with Crippen molar-refractivity contribution in [3.8, 4) is 0 Å². The van der Waals surface area contributed by atoms with E-state index in [-0.39, 0.29) is 4.58 Å². The van der Waals surface area contributed by atoms with Crippen LogP contribution in [0.2, 0.25) is 0 Å². The standard InChI is InChI=1S/C30H35NOS3/c1-23-13-17-26(18-14-23)33-30(34-27-19-15-24(2)16-20-27)21-29(31-35-28-11-7-4-8-12-28)32-22-25-9-5-3-6-10-25/h4,7-8,11-20,25,30H,3,5-6,9-10,21-22H2,1-2H3/b31-29-. The SMILES string of the molecule is Cc1ccc(SC(C/C(=N/Sc2ccccc2)OCC2CCCCC2)Sc2ccc(C)cc2)cc1. The largest absolute Gasteiger partial charge is 0.480 e. The van der Waals surface area contributed by atoms with Crippen LogP contribution in [0.5, 0.6) is 0 Å². The van der Waals surface area contributed by atoms with E-state index < -0.39 is 0 Å². The lowest BCUT2D eigenvalue weighted by atomic mass is 9.90. The van der Waals surface area contributed by atoms with Crippen LogP contribution in [-0.4, -0.2) is 17.1 Å². The number of hydrogen-bond donors (Lipinski definition) is 0. The molecule has 1 saturated carbocycles. The molecule has 1 fully saturated rings. The Morgan fingerprint density at radius 3 is 1.91 bits per heavy atom. The topological polar surface area (TPSA) is 21.6 Å². The third-order valence-corrected chi connectivity index (χ3v) is 9.43. The predicted octanol–water partition coefficient (Wildman–Crippen LogP) is 9.61. The molecule has 0 atom stereocenters. The Morgan fingerprint density at radius 1 is 0.771 bits per heavy atom. The molecule has 0 aliphatic heterocycles. The van der Waals surface area contributed by atoms with Crippen molar-refractivity contribution in [1.82, 2.24) is 0 Å². The zero-order valence-electron chi connectivity index (χ0n) is 20.7. The second-order valence-corrected chi connectivity index (χ2v) is 12.9. The van der Waals surface area contributed by atoms with Crippen LogP contribution < -0.4 is 0 Å². The predicted molar refractivity (Wildman–Crippen MR) is 155 cm³/mol. The van der Waals surface area contributed by atoms with Gasteiger partial charge in [0.2, 0.25) is 0 Å². The van der Waals surface area contributed by atoms with E-state index in [9.17, 15) is 0 Å². The van der Waals surface area contributed by atoms with Crippen molar-refractivity contribution in [2.24, 2.45) is 10.3 Å². The van der Waals surface area contributed by atoms with Gasteiger partial charge in [-0.05, 0) is 69.0 Å². The summed E-state index contributed by atoms with van der Waals surface area (Å²) in [6, 6.07) is 28.0. The van der Waals surface area contributed by atoms with Gasteiger partial charge in [-0.25, -0.2) is 0 Å². The third-order valence-electron chi connectivity index (χ3n) is 6.12. The Morgan fingerprint density at radius 2 is 1.34 bits per heavy atom. The van der Waals surface area contributed by atoms with Gasteiger partial charge < -0.3 is 4.74 Å². The molecule has 0 N–H and O–H groups in total. The molecular formula is C30H35NOS3. The van der Waals surface area contributed by atoms with Gasteiger partial charge in [0.25, 0.3) is 0 Å². The molecule has 5 heteroatoms. The first-order valence-corrected chi connectivity index (χ1v) is 15.1. The fourth-order valence-electron chi connectivity index (χ4n) is 4.06. The molecule has 1 aliphatic carbocycles. The molecule has 0 unspecified atom stereocenters. The van der Waals surface area contributed by atoms with Crippen LogP contribution in [0.4, 0.5) is 0 Å². The van der Waals surface area contributed by atoms with Crippen LogP contribution in [0.1, 0.15) is 49.7 Å². The van der Waals surface area contributed by atoms with E-state index in [0.29, 0.717) is 5.92 Å². The van der Waals surface area contributed by atoms with E-state index in [1.807, 2.05) is 29.6 Å². The summed E-state index contributed by atoms with van der Waals surface area (Å²) in [5.74, 6) is 1.51. The minimum Gasteiger partial charge on any atom is -0.480 e. The molecule has 0 spiro atoms. The summed E-state index contributed by atoms with van der Waals surface area (Å²) in [4.78, 5) is 3.70. The van der Waals surface area contributed by atoms with Crippen molar-refractivity contribution in [2.45, 2.75) is 71.6 Å². The van der Waals surface area contributed by atoms with E-state index in [4.69, 9.17) is 9.13 Å². The Labute approximate surface area is 223 Å². The van der Waals surface area contributed by atoms with Gasteiger partial charge in [-0.1, -0.05) is 72.9 Å². The van der Waals surface area contributed by atoms with Gasteiger partial charge in [-0.2, -0.15) is 4.40 Å². The molecule has 0 radical (unpaired) electrons. The van der Waals surface area contributed by atoms with Gasteiger partial charge in [-0.15, -0.1) is 23.5 Å². The lowest BCUT2D eigenvalue weighted by molar-refractivity contribution is 0.196. The van der Waals surface area contributed by atoms with E-state index in [0.717, 1.165) is 23.8 Å². The van der Waals surface area contributed by atoms with E-state index in [1.165, 1.54) is 65.0 Å². The smallest absolute Gasteiger partial charge is 0.197 e. The van der Waals surface area contributed by atoms with Crippen molar-refractivity contribution in [3.05, 3.63) is 90.0 Å². The Bertz CT molecular complexity index is 998. The highest BCUT2D eigenvalue weighted by Gasteiger charge is 2.20. The summed E-state index contributed by atoms with van der Waals surface area (Å²) in [5, 5.41) is 0. The highest BCUT2D eigenvalue weighted by atomic mass is 32.2. The van der Waals surface area contributed by atoms with Crippen molar-refractivity contribution in [1.29, 1.82) is 0 Å².